The van der Waals surface area contributed by atoms with Gasteiger partial charge in [-0.15, -0.1) is 24.8 Å². The highest BCUT2D eigenvalue weighted by atomic mass is 35.5. The van der Waals surface area contributed by atoms with E-state index in [0.717, 1.165) is 22.3 Å². The summed E-state index contributed by atoms with van der Waals surface area (Å²) in [6, 6.07) is 25.1. The summed E-state index contributed by atoms with van der Waals surface area (Å²) >= 11 is 0. The van der Waals surface area contributed by atoms with Crippen molar-refractivity contribution in [2.75, 3.05) is 26.2 Å². The summed E-state index contributed by atoms with van der Waals surface area (Å²) in [7, 11) is 0. The summed E-state index contributed by atoms with van der Waals surface area (Å²) in [6.45, 7) is 1.83. The number of hydrogen-bond donors (Lipinski definition) is 4. The van der Waals surface area contributed by atoms with Gasteiger partial charge in [0.05, 0.1) is 12.1 Å². The molecular weight excluding hydrogens is 815 g/mol. The monoisotopic (exact) mass is 874 g/mol. The van der Waals surface area contributed by atoms with Gasteiger partial charge in [-0.2, -0.15) is 0 Å². The van der Waals surface area contributed by atoms with Crippen molar-refractivity contribution in [3.8, 4) is 0 Å². The van der Waals surface area contributed by atoms with E-state index < -0.39 is 36.5 Å². The van der Waals surface area contributed by atoms with Crippen LogP contribution in [0.5, 0.6) is 0 Å². The van der Waals surface area contributed by atoms with Crippen molar-refractivity contribution in [3.63, 3.8) is 0 Å². The number of rotatable bonds is 20. The number of aliphatic hydroxyl groups excluding tert-OH is 2. The van der Waals surface area contributed by atoms with Gasteiger partial charge in [-0.1, -0.05) is 72.8 Å². The molecule has 0 bridgehead atoms. The molecule has 15 nitrogen and oxygen atoms in total. The number of aromatic nitrogens is 2. The second-order valence-corrected chi connectivity index (χ2v) is 14.0. The van der Waals surface area contributed by atoms with Crippen molar-refractivity contribution in [3.05, 3.63) is 132 Å². The zero-order valence-corrected chi connectivity index (χ0v) is 35.3. The minimum absolute atomic E-state index is 0. The molecule has 1 fully saturated rings. The molecule has 5 rings (SSSR count). The van der Waals surface area contributed by atoms with Crippen molar-refractivity contribution in [2.45, 2.75) is 88.9 Å². The molecule has 4 atom stereocenters. The number of carbonyl (C=O) groups is 3. The third-order valence-corrected chi connectivity index (χ3v) is 9.88. The van der Waals surface area contributed by atoms with Gasteiger partial charge >= 0.3 is 18.2 Å². The van der Waals surface area contributed by atoms with E-state index in [2.05, 4.69) is 20.6 Å². The Morgan fingerprint density at radius 1 is 0.567 bits per heavy atom. The van der Waals surface area contributed by atoms with Gasteiger partial charge in [0.15, 0.2) is 0 Å². The van der Waals surface area contributed by atoms with Crippen molar-refractivity contribution in [2.24, 2.45) is 0 Å². The standard InChI is InChI=1S/C43H54N6O7.2ClH.2H2O/c50-39-37(27-33-15-5-1-6-16-33)48(25-11-3-9-23-46-41(52)55-31-35-19-13-21-44-29-35)43(54)49(38(40(39)51)28-34-17-7-2-8-18-34)26-12-4-10-24-47-42(53)56-32-36-20-14-22-45-30-36;;;;/h1-2,5-8,13-22,29-30,37-40,50-51H,3-4,9-12,23-28,31-32H2,(H,46,52)(H,47,53);2*1H;2*1H2/t37-,38-,39+,40+;;;;/m1..../s1. The number of halogens is 2. The van der Waals surface area contributed by atoms with E-state index in [0.29, 0.717) is 77.5 Å². The van der Waals surface area contributed by atoms with Crippen LogP contribution >= 0.6 is 24.8 Å². The smallest absolute Gasteiger partial charge is 0.407 e. The molecular formula is C43H60Cl2N6O9. The van der Waals surface area contributed by atoms with Gasteiger partial charge in [0.2, 0.25) is 0 Å². The van der Waals surface area contributed by atoms with Crippen LogP contribution in [-0.4, -0.2) is 110 Å². The second kappa shape index (κ2) is 29.2. The van der Waals surface area contributed by atoms with Crippen LogP contribution in [0.4, 0.5) is 14.4 Å². The number of urea groups is 1. The number of ether oxygens (including phenoxy) is 2. The van der Waals surface area contributed by atoms with Gasteiger partial charge in [0.1, 0.15) is 25.4 Å². The number of nitrogens with zero attached hydrogens (tertiary/aromatic N) is 4. The molecule has 0 unspecified atom stereocenters. The molecule has 4 aromatic rings. The van der Waals surface area contributed by atoms with Crippen molar-refractivity contribution < 1.29 is 45.0 Å². The zero-order valence-electron chi connectivity index (χ0n) is 33.6. The van der Waals surface area contributed by atoms with E-state index in [-0.39, 0.29) is 55.0 Å². The predicted molar refractivity (Wildman–Crippen MR) is 233 cm³/mol. The molecule has 2 aromatic heterocycles. The SMILES string of the molecule is Cl.Cl.O.O.O=C(NCCCCCN1C(=O)N(CCCCCNC(=O)OCc2cccnc2)[C@H](Cc2ccccc2)[C@H](O)[C@@H](O)[C@H]1Cc1ccccc1)OCc1cccnc1. The van der Waals surface area contributed by atoms with E-state index in [1.807, 2.05) is 72.8 Å². The lowest BCUT2D eigenvalue weighted by Crippen LogP contribution is -2.51. The number of unbranched alkanes of at least 4 members (excludes halogenated alkanes) is 4. The largest absolute Gasteiger partial charge is 0.445 e. The molecule has 17 heteroatoms. The lowest BCUT2D eigenvalue weighted by atomic mass is 9.91. The van der Waals surface area contributed by atoms with E-state index in [1.165, 1.54) is 0 Å². The first-order valence-corrected chi connectivity index (χ1v) is 19.5. The van der Waals surface area contributed by atoms with Gasteiger partial charge in [-0.25, -0.2) is 14.4 Å². The van der Waals surface area contributed by atoms with Crippen LogP contribution in [0.3, 0.4) is 0 Å². The van der Waals surface area contributed by atoms with Gasteiger partial charge in [-0.3, -0.25) is 9.97 Å². The van der Waals surface area contributed by atoms with Crippen molar-refractivity contribution in [1.82, 2.24) is 30.4 Å². The topological polar surface area (TPSA) is 229 Å². The summed E-state index contributed by atoms with van der Waals surface area (Å²) in [6.07, 6.45) is 8.00. The van der Waals surface area contributed by atoms with E-state index in [4.69, 9.17) is 9.47 Å². The first-order valence-electron chi connectivity index (χ1n) is 19.5. The molecule has 1 saturated heterocycles. The fraction of sp³-hybridized carbons (Fsp3) is 0.419. The van der Waals surface area contributed by atoms with E-state index in [9.17, 15) is 24.6 Å². The van der Waals surface area contributed by atoms with E-state index >= 15 is 0 Å². The highest BCUT2D eigenvalue weighted by Gasteiger charge is 2.45. The fourth-order valence-electron chi connectivity index (χ4n) is 6.88. The lowest BCUT2D eigenvalue weighted by Gasteiger charge is -2.36. The quantitative estimate of drug-likeness (QED) is 0.0889. The van der Waals surface area contributed by atoms with Crippen LogP contribution in [0.2, 0.25) is 0 Å². The third-order valence-electron chi connectivity index (χ3n) is 9.88. The number of amides is 4. The number of benzene rings is 2. The van der Waals surface area contributed by atoms with Gasteiger partial charge in [0, 0.05) is 62.1 Å². The molecule has 8 N–H and O–H groups in total. The number of nitrogens with one attached hydrogen (secondary N) is 2. The van der Waals surface area contributed by atoms with Crippen LogP contribution in [-0.2, 0) is 35.5 Å². The van der Waals surface area contributed by atoms with Gasteiger partial charge < -0.3 is 51.1 Å². The number of pyridine rings is 2. The van der Waals surface area contributed by atoms with E-state index in [1.54, 1.807) is 46.7 Å². The molecule has 1 aliphatic heterocycles. The molecule has 60 heavy (non-hydrogen) atoms. The number of aliphatic hydroxyl groups is 2. The molecule has 4 amide bonds. The normalized spacial score (nSPS) is 17.0. The molecule has 2 aromatic carbocycles. The number of carbonyl (C=O) groups excluding carboxylic acids is 3. The Bertz CT molecular complexity index is 1630. The molecule has 0 spiro atoms. The summed E-state index contributed by atoms with van der Waals surface area (Å²) in [5.41, 5.74) is 3.51. The maximum Gasteiger partial charge on any atom is 0.407 e. The van der Waals surface area contributed by atoms with Crippen LogP contribution in [0, 0.1) is 0 Å². The molecule has 1 aliphatic rings. The minimum atomic E-state index is -1.20. The third kappa shape index (κ3) is 17.3. The van der Waals surface area contributed by atoms with Crippen molar-refractivity contribution >= 4 is 43.0 Å². The summed E-state index contributed by atoms with van der Waals surface area (Å²) in [4.78, 5) is 50.7. The second-order valence-electron chi connectivity index (χ2n) is 14.0. The van der Waals surface area contributed by atoms with Crippen LogP contribution in [0.1, 0.15) is 60.8 Å². The fourth-order valence-corrected chi connectivity index (χ4v) is 6.88. The first kappa shape index (κ1) is 53.0. The number of hydrogen-bond acceptors (Lipinski definition) is 9. The molecule has 0 aliphatic carbocycles. The Morgan fingerprint density at radius 3 is 1.32 bits per heavy atom. The highest BCUT2D eigenvalue weighted by molar-refractivity contribution is 5.85. The summed E-state index contributed by atoms with van der Waals surface area (Å²) in [5.74, 6) is 0. The molecule has 0 saturated carbocycles. The summed E-state index contributed by atoms with van der Waals surface area (Å²) in [5, 5.41) is 29.3. The zero-order chi connectivity index (χ0) is 39.4. The van der Waals surface area contributed by atoms with Crippen LogP contribution < -0.4 is 10.6 Å². The maximum absolute atomic E-state index is 14.7. The maximum atomic E-state index is 14.7. The van der Waals surface area contributed by atoms with Gasteiger partial charge in [-0.05, 0) is 74.6 Å². The van der Waals surface area contributed by atoms with Crippen LogP contribution in [0.25, 0.3) is 0 Å². The summed E-state index contributed by atoms with van der Waals surface area (Å²) < 4.78 is 10.6. The number of alkyl carbamates (subject to hydrolysis) is 2. The Balaban J connectivity index is 0.00000450. The molecule has 3 heterocycles. The first-order chi connectivity index (χ1) is 27.4. The average molecular weight is 876 g/mol. The Hall–Kier alpha value is -5.03. The van der Waals surface area contributed by atoms with Gasteiger partial charge in [0.25, 0.3) is 0 Å². The average Bonchev–Trinajstić information content (AvgIpc) is 3.29. The highest BCUT2D eigenvalue weighted by Crippen LogP contribution is 2.28. The van der Waals surface area contributed by atoms with Crippen LogP contribution in [0.15, 0.2) is 110 Å². The molecule has 0 radical (unpaired) electrons. The lowest BCUT2D eigenvalue weighted by molar-refractivity contribution is -0.0396. The predicted octanol–water partition coefficient (Wildman–Crippen LogP) is 4.85. The van der Waals surface area contributed by atoms with Crippen molar-refractivity contribution in [1.29, 1.82) is 0 Å². The Morgan fingerprint density at radius 2 is 0.950 bits per heavy atom. The minimum Gasteiger partial charge on any atom is -0.445 e. The Labute approximate surface area is 364 Å². The molecule has 330 valence electrons. The Kier molecular flexibility index (Phi) is 25.8.